The summed E-state index contributed by atoms with van der Waals surface area (Å²) in [5, 5.41) is 4.18. The molecule has 7 nitrogen and oxygen atoms in total. The van der Waals surface area contributed by atoms with Gasteiger partial charge in [-0.2, -0.15) is 5.10 Å². The van der Waals surface area contributed by atoms with Gasteiger partial charge in [-0.15, -0.1) is 6.42 Å². The summed E-state index contributed by atoms with van der Waals surface area (Å²) in [6.07, 6.45) is 9.34. The molecule has 0 spiro atoms. The second-order valence-corrected chi connectivity index (χ2v) is 10.2. The molecular weight excluding hydrogens is 455 g/mol. The maximum atomic E-state index is 15.5. The molecule has 0 aliphatic carbocycles. The van der Waals surface area contributed by atoms with Crippen LogP contribution in [0.3, 0.4) is 0 Å². The molecule has 0 atom stereocenters. The molecule has 0 saturated heterocycles. The average Bonchev–Trinajstić information content (AvgIpc) is 3.49. The monoisotopic (exact) mass is 484 g/mol. The van der Waals surface area contributed by atoms with Crippen LogP contribution >= 0.6 is 0 Å². The van der Waals surface area contributed by atoms with Gasteiger partial charge in [-0.25, -0.2) is 14.2 Å². The lowest BCUT2D eigenvalue weighted by molar-refractivity contribution is 0.626. The van der Waals surface area contributed by atoms with Crippen molar-refractivity contribution in [2.75, 3.05) is 0 Å². The number of aryl methyl sites for hydroxylation is 3. The van der Waals surface area contributed by atoms with Gasteiger partial charge in [0.15, 0.2) is 0 Å². The number of imidazole rings is 2. The van der Waals surface area contributed by atoms with Gasteiger partial charge in [0.2, 0.25) is 0 Å². The van der Waals surface area contributed by atoms with Gasteiger partial charge < -0.3 is 0 Å². The van der Waals surface area contributed by atoms with E-state index in [1.807, 2.05) is 24.5 Å². The summed E-state index contributed by atoms with van der Waals surface area (Å²) in [5.41, 5.74) is 4.96. The van der Waals surface area contributed by atoms with Gasteiger partial charge in [-0.3, -0.25) is 18.4 Å². The minimum absolute atomic E-state index is 0.101. The minimum Gasteiger partial charge on any atom is -0.295 e. The number of fused-ring (bicyclic) bond motifs is 2. The summed E-state index contributed by atoms with van der Waals surface area (Å²) in [5.74, 6) is 3.24. The molecule has 2 aromatic carbocycles. The Morgan fingerprint density at radius 2 is 1.78 bits per heavy atom. The van der Waals surface area contributed by atoms with Crippen LogP contribution in [-0.2, 0) is 26.6 Å². The van der Waals surface area contributed by atoms with Crippen LogP contribution in [0.1, 0.15) is 45.0 Å². The first-order chi connectivity index (χ1) is 16.9. The number of benzene rings is 2. The van der Waals surface area contributed by atoms with Crippen LogP contribution in [0.5, 0.6) is 0 Å². The lowest BCUT2D eigenvalue weighted by Crippen LogP contribution is -2.20. The number of halogens is 1. The van der Waals surface area contributed by atoms with Crippen molar-refractivity contribution in [3.05, 3.63) is 64.3 Å². The Morgan fingerprint density at radius 3 is 2.39 bits per heavy atom. The summed E-state index contributed by atoms with van der Waals surface area (Å²) >= 11 is 0. The molecule has 0 unspecified atom stereocenters. The maximum absolute atomic E-state index is 15.5. The van der Waals surface area contributed by atoms with Crippen molar-refractivity contribution in [2.45, 2.75) is 39.0 Å². The molecule has 0 radical (unpaired) electrons. The van der Waals surface area contributed by atoms with E-state index in [2.05, 4.69) is 30.9 Å². The van der Waals surface area contributed by atoms with E-state index >= 15 is 4.39 Å². The number of aromatic nitrogens is 6. The van der Waals surface area contributed by atoms with Crippen LogP contribution < -0.4 is 5.69 Å². The standard InChI is InChI=1S/C28H29FN6O/c1-9-28(4,5)26-31-22-12-20(17-14-30-32(6)15-17)21(29)13-23(22)35(26)18-10-19(16(2)3)25-24(11-18)33(7)27(36)34(25)8/h1,10-16H,2-8H3. The van der Waals surface area contributed by atoms with Crippen LogP contribution in [0.4, 0.5) is 4.39 Å². The molecule has 0 aliphatic heterocycles. The Balaban J connectivity index is 1.89. The Labute approximate surface area is 208 Å². The van der Waals surface area contributed by atoms with Crippen molar-refractivity contribution >= 4 is 22.1 Å². The lowest BCUT2D eigenvalue weighted by atomic mass is 9.93. The third kappa shape index (κ3) is 3.38. The van der Waals surface area contributed by atoms with Gasteiger partial charge in [-0.05, 0) is 43.5 Å². The quantitative estimate of drug-likeness (QED) is 0.345. The fraction of sp³-hybridized carbons (Fsp3) is 0.321. The molecule has 184 valence electrons. The highest BCUT2D eigenvalue weighted by atomic mass is 19.1. The summed E-state index contributed by atoms with van der Waals surface area (Å²) in [4.78, 5) is 17.7. The molecule has 0 saturated carbocycles. The van der Waals surface area contributed by atoms with Gasteiger partial charge in [-0.1, -0.05) is 19.8 Å². The van der Waals surface area contributed by atoms with E-state index < -0.39 is 5.41 Å². The SMILES string of the molecule is C#CC(C)(C)c1nc2cc(-c3cnn(C)c3)c(F)cc2n1-c1cc(C(C)C)c2c(c1)n(C)c(=O)n2C. The summed E-state index contributed by atoms with van der Waals surface area (Å²) in [6, 6.07) is 7.25. The molecular formula is C28H29FN6O. The van der Waals surface area contributed by atoms with Gasteiger partial charge in [0, 0.05) is 50.2 Å². The summed E-state index contributed by atoms with van der Waals surface area (Å²) < 4.78 is 22.4. The first kappa shape index (κ1) is 23.6. The molecule has 0 fully saturated rings. The van der Waals surface area contributed by atoms with Crippen molar-refractivity contribution in [3.8, 4) is 29.2 Å². The Hall–Kier alpha value is -4.12. The molecule has 3 aromatic heterocycles. The summed E-state index contributed by atoms with van der Waals surface area (Å²) in [6.45, 7) is 8.02. The van der Waals surface area contributed by atoms with Crippen LogP contribution in [-0.4, -0.2) is 28.5 Å². The fourth-order valence-corrected chi connectivity index (χ4v) is 4.86. The third-order valence-electron chi connectivity index (χ3n) is 6.93. The molecule has 0 N–H and O–H groups in total. The zero-order valence-electron chi connectivity index (χ0n) is 21.6. The number of hydrogen-bond donors (Lipinski definition) is 0. The number of hydrogen-bond acceptors (Lipinski definition) is 3. The van der Waals surface area contributed by atoms with Crippen LogP contribution in [0.15, 0.2) is 41.5 Å². The van der Waals surface area contributed by atoms with Crippen LogP contribution in [0.25, 0.3) is 38.9 Å². The largest absolute Gasteiger partial charge is 0.328 e. The molecule has 3 heterocycles. The second kappa shape index (κ2) is 7.95. The highest BCUT2D eigenvalue weighted by molar-refractivity contribution is 5.87. The molecule has 0 amide bonds. The number of terminal acetylenes is 1. The lowest BCUT2D eigenvalue weighted by Gasteiger charge is -2.21. The first-order valence-electron chi connectivity index (χ1n) is 11.8. The fourth-order valence-electron chi connectivity index (χ4n) is 4.86. The predicted molar refractivity (Wildman–Crippen MR) is 141 cm³/mol. The summed E-state index contributed by atoms with van der Waals surface area (Å²) in [7, 11) is 5.34. The van der Waals surface area contributed by atoms with Crippen LogP contribution in [0.2, 0.25) is 0 Å². The molecule has 0 bridgehead atoms. The van der Waals surface area contributed by atoms with Gasteiger partial charge in [0.1, 0.15) is 11.6 Å². The number of nitrogens with zero attached hydrogens (tertiary/aromatic N) is 6. The molecule has 0 aliphatic rings. The smallest absolute Gasteiger partial charge is 0.295 e. The zero-order valence-corrected chi connectivity index (χ0v) is 21.6. The Bertz CT molecular complexity index is 1770. The van der Waals surface area contributed by atoms with E-state index in [1.54, 1.807) is 53.4 Å². The van der Waals surface area contributed by atoms with Gasteiger partial charge in [0.05, 0.1) is 33.7 Å². The van der Waals surface area contributed by atoms with Crippen molar-refractivity contribution in [2.24, 2.45) is 21.1 Å². The minimum atomic E-state index is -0.737. The first-order valence-corrected chi connectivity index (χ1v) is 11.8. The third-order valence-corrected chi connectivity index (χ3v) is 6.93. The maximum Gasteiger partial charge on any atom is 0.328 e. The van der Waals surface area contributed by atoms with Gasteiger partial charge in [0.25, 0.3) is 0 Å². The average molecular weight is 485 g/mol. The van der Waals surface area contributed by atoms with E-state index in [4.69, 9.17) is 11.4 Å². The highest BCUT2D eigenvalue weighted by Gasteiger charge is 2.28. The Kier molecular flexibility index (Phi) is 5.22. The predicted octanol–water partition coefficient (Wildman–Crippen LogP) is 4.79. The molecule has 5 rings (SSSR count). The van der Waals surface area contributed by atoms with E-state index in [0.29, 0.717) is 28.0 Å². The van der Waals surface area contributed by atoms with E-state index in [9.17, 15) is 4.79 Å². The zero-order chi connectivity index (χ0) is 26.1. The van der Waals surface area contributed by atoms with Crippen LogP contribution in [0, 0.1) is 18.2 Å². The molecule has 36 heavy (non-hydrogen) atoms. The van der Waals surface area contributed by atoms with Crippen molar-refractivity contribution in [3.63, 3.8) is 0 Å². The highest BCUT2D eigenvalue weighted by Crippen LogP contribution is 2.36. The topological polar surface area (TPSA) is 62.6 Å². The van der Waals surface area contributed by atoms with Crippen molar-refractivity contribution in [1.29, 1.82) is 0 Å². The van der Waals surface area contributed by atoms with E-state index in [1.165, 1.54) is 6.07 Å². The van der Waals surface area contributed by atoms with Crippen molar-refractivity contribution < 1.29 is 4.39 Å². The Morgan fingerprint density at radius 1 is 1.06 bits per heavy atom. The molecule has 8 heteroatoms. The molecule has 5 aromatic rings. The normalized spacial score (nSPS) is 12.2. The van der Waals surface area contributed by atoms with E-state index in [-0.39, 0.29) is 17.4 Å². The van der Waals surface area contributed by atoms with E-state index in [0.717, 1.165) is 22.3 Å². The van der Waals surface area contributed by atoms with Gasteiger partial charge >= 0.3 is 5.69 Å². The second-order valence-electron chi connectivity index (χ2n) is 10.2. The van der Waals surface area contributed by atoms with Crippen molar-refractivity contribution in [1.82, 2.24) is 28.5 Å². The number of rotatable bonds is 4.